The highest BCUT2D eigenvalue weighted by atomic mass is 32.1. The van der Waals surface area contributed by atoms with Gasteiger partial charge in [0.1, 0.15) is 22.4 Å². The number of benzene rings is 2. The number of aromatic nitrogens is 4. The second-order valence-electron chi connectivity index (χ2n) is 11.0. The lowest BCUT2D eigenvalue weighted by atomic mass is 10.1. The fourth-order valence-corrected chi connectivity index (χ4v) is 5.21. The maximum Gasteiger partial charge on any atom is 0.335 e. The maximum absolute atomic E-state index is 8.60. The van der Waals surface area contributed by atoms with E-state index < -0.39 is 23.1 Å². The van der Waals surface area contributed by atoms with Crippen molar-refractivity contribution in [1.82, 2.24) is 19.9 Å². The molecular formula is C35H35N5O9S2. The fraction of sp³-hybridized carbons (Fsp3) is 0.286. The van der Waals surface area contributed by atoms with Gasteiger partial charge in [-0.3, -0.25) is 9.97 Å². The molecule has 16 heteroatoms. The molecule has 5 heterocycles. The molecule has 266 valence electrons. The Bertz CT molecular complexity index is 2170. The van der Waals surface area contributed by atoms with Gasteiger partial charge in [-0.15, -0.1) is 0 Å². The first-order valence-corrected chi connectivity index (χ1v) is 17.1. The molecule has 1 saturated heterocycles. The Hall–Kier alpha value is -5.29. The minimum atomic E-state index is -0.750. The lowest BCUT2D eigenvalue weighted by Gasteiger charge is -2.23. The van der Waals surface area contributed by atoms with Gasteiger partial charge in [0, 0.05) is 23.5 Å². The van der Waals surface area contributed by atoms with Crippen LogP contribution in [0.5, 0.6) is 0 Å². The molecule has 0 aliphatic carbocycles. The second kappa shape index (κ2) is 19.2. The van der Waals surface area contributed by atoms with Crippen LogP contribution in [0.2, 0.25) is 0 Å². The van der Waals surface area contributed by atoms with Crippen molar-refractivity contribution in [2.45, 2.75) is 53.2 Å². The monoisotopic (exact) mass is 733 g/mol. The van der Waals surface area contributed by atoms with E-state index in [2.05, 4.69) is 38.1 Å². The molecule has 51 heavy (non-hydrogen) atoms. The molecule has 0 bridgehead atoms. The molecule has 1 aliphatic heterocycles. The summed E-state index contributed by atoms with van der Waals surface area (Å²) in [6.45, 7) is 9.64. The molecule has 0 radical (unpaired) electrons. The van der Waals surface area contributed by atoms with Crippen LogP contribution in [-0.2, 0) is 45.5 Å². The molecule has 0 amide bonds. The molecule has 1 aliphatic rings. The lowest BCUT2D eigenvalue weighted by molar-refractivity contribution is -0.183. The molecule has 2 aromatic carbocycles. The van der Waals surface area contributed by atoms with Crippen molar-refractivity contribution in [3.8, 4) is 23.2 Å². The minimum Gasteiger partial charge on any atom is -0.435 e. The van der Waals surface area contributed by atoms with Crippen LogP contribution in [0.3, 0.4) is 0 Å². The number of oxazole rings is 2. The molecule has 6 aromatic rings. The van der Waals surface area contributed by atoms with Crippen molar-refractivity contribution in [3.63, 3.8) is 0 Å². The van der Waals surface area contributed by atoms with Gasteiger partial charge in [-0.25, -0.2) is 9.97 Å². The summed E-state index contributed by atoms with van der Waals surface area (Å²) in [5.41, 5.74) is 10.8. The number of oxime groups is 1. The molecule has 0 unspecified atom stereocenters. The van der Waals surface area contributed by atoms with Gasteiger partial charge in [0.05, 0.1) is 19.4 Å². The molecule has 14 nitrogen and oxygen atoms in total. The molecular weight excluding hydrogens is 699 g/mol. The number of pyridine rings is 2. The van der Waals surface area contributed by atoms with E-state index in [-0.39, 0.29) is 6.29 Å². The summed E-state index contributed by atoms with van der Waals surface area (Å²) in [4.78, 5) is 18.1. The van der Waals surface area contributed by atoms with Crippen molar-refractivity contribution >= 4 is 51.6 Å². The van der Waals surface area contributed by atoms with Gasteiger partial charge < -0.3 is 23.5 Å². The number of nitrogens with zero attached hydrogens (tertiary/aromatic N) is 5. The third-order valence-electron chi connectivity index (χ3n) is 7.53. The fourth-order valence-electron chi connectivity index (χ4n) is 5.21. The number of aryl methyl sites for hydroxylation is 4. The van der Waals surface area contributed by atoms with Crippen LogP contribution in [0.25, 0.3) is 45.4 Å². The Kier molecular flexibility index (Phi) is 14.5. The Morgan fingerprint density at radius 1 is 0.765 bits per heavy atom. The largest absolute Gasteiger partial charge is 0.435 e. The SMILES string of the molecule is CCc1cc(/C=N/O)cnc1-c1nc2cc(C)ccc2o1.CCc1cc(C2OCCCO2)cnc1-c1nc2cc(C)ccc2o1.O=S=O.O=S=O. The predicted molar refractivity (Wildman–Crippen MR) is 189 cm³/mol. The summed E-state index contributed by atoms with van der Waals surface area (Å²) in [7, 11) is 0. The molecule has 0 atom stereocenters. The summed E-state index contributed by atoms with van der Waals surface area (Å²) in [6.07, 6.45) is 7.01. The zero-order valence-electron chi connectivity index (χ0n) is 28.2. The van der Waals surface area contributed by atoms with E-state index in [0.29, 0.717) is 11.8 Å². The smallest absolute Gasteiger partial charge is 0.335 e. The third-order valence-corrected chi connectivity index (χ3v) is 7.53. The molecule has 1 fully saturated rings. The highest BCUT2D eigenvalue weighted by molar-refractivity contribution is 7.51. The molecule has 1 N–H and O–H groups in total. The zero-order valence-corrected chi connectivity index (χ0v) is 29.9. The van der Waals surface area contributed by atoms with E-state index in [1.807, 2.05) is 63.2 Å². The highest BCUT2D eigenvalue weighted by Crippen LogP contribution is 2.30. The second-order valence-corrected chi connectivity index (χ2v) is 11.3. The number of rotatable bonds is 6. The zero-order chi connectivity index (χ0) is 36.8. The van der Waals surface area contributed by atoms with Gasteiger partial charge in [-0.05, 0) is 91.8 Å². The minimum absolute atomic E-state index is 0.322. The Morgan fingerprint density at radius 2 is 1.25 bits per heavy atom. The van der Waals surface area contributed by atoms with Crippen molar-refractivity contribution in [2.24, 2.45) is 5.16 Å². The summed E-state index contributed by atoms with van der Waals surface area (Å²) in [5.74, 6) is 1.07. The topological polar surface area (TPSA) is 197 Å². The quantitative estimate of drug-likeness (QED) is 0.112. The normalized spacial score (nSPS) is 12.7. The van der Waals surface area contributed by atoms with Crippen molar-refractivity contribution in [1.29, 1.82) is 0 Å². The standard InChI is InChI=1S/C19H20N2O3.C16H15N3O2.2O2S/c1-3-13-10-14(19-22-7-4-8-23-19)11-20-17(13)18-21-15-9-12(2)5-6-16(15)24-18;1-3-12-7-11(9-18-20)8-17-15(12)16-19-13-6-10(2)4-5-14(13)21-16;2*1-3-2/h5-6,9-11,19H,3-4,7-8H2,1-2H3;4-9,20H,3H2,1-2H3;;/b;18-9+;;. The van der Waals surface area contributed by atoms with Gasteiger partial charge in [0.15, 0.2) is 17.5 Å². The van der Waals surface area contributed by atoms with Gasteiger partial charge in [-0.1, -0.05) is 31.1 Å². The van der Waals surface area contributed by atoms with Crippen LogP contribution in [0, 0.1) is 13.8 Å². The number of hydrogen-bond donors (Lipinski definition) is 1. The average Bonchev–Trinajstić information content (AvgIpc) is 3.76. The third kappa shape index (κ3) is 10.1. The van der Waals surface area contributed by atoms with E-state index in [1.54, 1.807) is 12.4 Å². The van der Waals surface area contributed by atoms with Crippen LogP contribution in [-0.4, -0.2) is 61.4 Å². The lowest BCUT2D eigenvalue weighted by Crippen LogP contribution is -2.18. The molecule has 7 rings (SSSR count). The van der Waals surface area contributed by atoms with Crippen LogP contribution in [0.1, 0.15) is 59.9 Å². The summed E-state index contributed by atoms with van der Waals surface area (Å²) in [6, 6.07) is 15.9. The number of hydrogen-bond acceptors (Lipinski definition) is 14. The van der Waals surface area contributed by atoms with Crippen molar-refractivity contribution < 1.29 is 40.4 Å². The van der Waals surface area contributed by atoms with E-state index in [0.717, 1.165) is 99.4 Å². The van der Waals surface area contributed by atoms with Gasteiger partial charge in [0.2, 0.25) is 11.8 Å². The predicted octanol–water partition coefficient (Wildman–Crippen LogP) is 6.42. The van der Waals surface area contributed by atoms with Gasteiger partial charge in [0.25, 0.3) is 0 Å². The Morgan fingerprint density at radius 3 is 1.75 bits per heavy atom. The van der Waals surface area contributed by atoms with Gasteiger partial charge in [-0.2, -0.15) is 16.8 Å². The van der Waals surface area contributed by atoms with E-state index >= 15 is 0 Å². The highest BCUT2D eigenvalue weighted by Gasteiger charge is 2.20. The van der Waals surface area contributed by atoms with E-state index in [4.69, 9.17) is 40.4 Å². The number of ether oxygens (including phenoxy) is 2. The average molecular weight is 734 g/mol. The number of fused-ring (bicyclic) bond motifs is 2. The van der Waals surface area contributed by atoms with E-state index in [1.165, 1.54) is 6.21 Å². The molecule has 4 aromatic heterocycles. The van der Waals surface area contributed by atoms with Crippen LogP contribution >= 0.6 is 0 Å². The first-order chi connectivity index (χ1) is 24.8. The Balaban J connectivity index is 0.000000200. The summed E-state index contributed by atoms with van der Waals surface area (Å²) >= 11 is -1.50. The first kappa shape index (κ1) is 38.5. The van der Waals surface area contributed by atoms with Crippen molar-refractivity contribution in [2.75, 3.05) is 13.2 Å². The van der Waals surface area contributed by atoms with Crippen LogP contribution < -0.4 is 0 Å². The van der Waals surface area contributed by atoms with E-state index in [9.17, 15) is 0 Å². The molecule has 0 spiro atoms. The Labute approximate surface area is 300 Å². The van der Waals surface area contributed by atoms with Crippen LogP contribution in [0.4, 0.5) is 0 Å². The van der Waals surface area contributed by atoms with Crippen molar-refractivity contribution in [3.05, 3.63) is 94.3 Å². The maximum atomic E-state index is 8.60. The summed E-state index contributed by atoms with van der Waals surface area (Å²) < 4.78 is 56.2. The molecule has 0 saturated carbocycles. The first-order valence-electron chi connectivity index (χ1n) is 15.8. The van der Waals surface area contributed by atoms with Gasteiger partial charge >= 0.3 is 23.1 Å². The van der Waals surface area contributed by atoms with Crippen LogP contribution in [0.15, 0.2) is 74.9 Å². The summed E-state index contributed by atoms with van der Waals surface area (Å²) in [5, 5.41) is 11.6.